The number of hydrogen-bond acceptors (Lipinski definition) is 4. The van der Waals surface area contributed by atoms with Crippen molar-refractivity contribution in [2.45, 2.75) is 19.1 Å². The van der Waals surface area contributed by atoms with Crippen molar-refractivity contribution in [3.63, 3.8) is 0 Å². The first kappa shape index (κ1) is 22.2. The van der Waals surface area contributed by atoms with Gasteiger partial charge in [-0.1, -0.05) is 18.2 Å². The quantitative estimate of drug-likeness (QED) is 0.736. The van der Waals surface area contributed by atoms with Gasteiger partial charge in [0, 0.05) is 0 Å². The van der Waals surface area contributed by atoms with Gasteiger partial charge in [0.25, 0.3) is 5.91 Å². The van der Waals surface area contributed by atoms with Crippen molar-refractivity contribution >= 4 is 33.2 Å². The summed E-state index contributed by atoms with van der Waals surface area (Å²) in [6.45, 7) is 1.21. The van der Waals surface area contributed by atoms with E-state index in [4.69, 9.17) is 5.73 Å². The summed E-state index contributed by atoms with van der Waals surface area (Å²) in [5.41, 5.74) is 3.90. The van der Waals surface area contributed by atoms with Crippen LogP contribution in [-0.2, 0) is 21.0 Å². The Bertz CT molecular complexity index is 1040. The van der Waals surface area contributed by atoms with Crippen molar-refractivity contribution in [2.24, 2.45) is 5.73 Å². The highest BCUT2D eigenvalue weighted by Crippen LogP contribution is 2.33. The molecule has 0 aliphatic heterocycles. The zero-order valence-electron chi connectivity index (χ0n) is 15.4. The number of nitrogens with zero attached hydrogens (tertiary/aromatic N) is 1. The molecule has 0 aliphatic carbocycles. The molecule has 0 aliphatic rings. The average molecular weight is 429 g/mol. The van der Waals surface area contributed by atoms with E-state index in [0.29, 0.717) is 10.4 Å². The zero-order valence-corrected chi connectivity index (χ0v) is 16.2. The van der Waals surface area contributed by atoms with Crippen LogP contribution in [0.3, 0.4) is 0 Å². The summed E-state index contributed by atoms with van der Waals surface area (Å²) >= 11 is 0. The van der Waals surface area contributed by atoms with Crippen LogP contribution < -0.4 is 15.4 Å². The second-order valence-electron chi connectivity index (χ2n) is 6.18. The molecule has 2 aromatic rings. The van der Waals surface area contributed by atoms with Gasteiger partial charge < -0.3 is 11.1 Å². The minimum absolute atomic E-state index is 0.00183. The third-order valence-electron chi connectivity index (χ3n) is 3.97. The van der Waals surface area contributed by atoms with Gasteiger partial charge in [-0.3, -0.25) is 13.9 Å². The fraction of sp³-hybridized carbons (Fsp3) is 0.222. The van der Waals surface area contributed by atoms with E-state index in [0.717, 1.165) is 24.5 Å². The molecule has 0 heterocycles. The van der Waals surface area contributed by atoms with Crippen LogP contribution in [0.4, 0.5) is 24.5 Å². The molecule has 2 rings (SSSR count). The molecule has 0 unspecified atom stereocenters. The highest BCUT2D eigenvalue weighted by molar-refractivity contribution is 7.92. The SMILES string of the molecule is C[C@@H](C(=O)Nc1ccccc1C(N)=O)N(c1cccc(C(F)(F)F)c1)S(C)(=O)=O. The lowest BCUT2D eigenvalue weighted by Crippen LogP contribution is -2.45. The summed E-state index contributed by atoms with van der Waals surface area (Å²) in [5, 5.41) is 2.39. The van der Waals surface area contributed by atoms with E-state index in [9.17, 15) is 31.2 Å². The molecular weight excluding hydrogens is 411 g/mol. The van der Waals surface area contributed by atoms with E-state index in [2.05, 4.69) is 5.32 Å². The number of benzene rings is 2. The van der Waals surface area contributed by atoms with Crippen LogP contribution in [0.5, 0.6) is 0 Å². The first-order valence-electron chi connectivity index (χ1n) is 8.18. The molecule has 0 saturated heterocycles. The first-order valence-corrected chi connectivity index (χ1v) is 10.0. The second-order valence-corrected chi connectivity index (χ2v) is 8.04. The van der Waals surface area contributed by atoms with Crippen LogP contribution in [0.15, 0.2) is 48.5 Å². The summed E-state index contributed by atoms with van der Waals surface area (Å²) < 4.78 is 64.1. The lowest BCUT2D eigenvalue weighted by molar-refractivity contribution is -0.137. The molecule has 2 aromatic carbocycles. The molecule has 0 spiro atoms. The largest absolute Gasteiger partial charge is 0.416 e. The highest BCUT2D eigenvalue weighted by Gasteiger charge is 2.34. The minimum atomic E-state index is -4.69. The van der Waals surface area contributed by atoms with Gasteiger partial charge in [-0.15, -0.1) is 0 Å². The fourth-order valence-corrected chi connectivity index (χ4v) is 3.84. The summed E-state index contributed by atoms with van der Waals surface area (Å²) in [6, 6.07) is 8.00. The van der Waals surface area contributed by atoms with E-state index in [-0.39, 0.29) is 16.9 Å². The Morgan fingerprint density at radius 1 is 1.10 bits per heavy atom. The highest BCUT2D eigenvalue weighted by atomic mass is 32.2. The predicted molar refractivity (Wildman–Crippen MR) is 102 cm³/mol. The maximum absolute atomic E-state index is 13.0. The lowest BCUT2D eigenvalue weighted by atomic mass is 10.1. The number of carbonyl (C=O) groups is 2. The predicted octanol–water partition coefficient (Wildman–Crippen LogP) is 2.60. The third-order valence-corrected chi connectivity index (χ3v) is 5.21. The molecule has 1 atom stereocenters. The molecule has 3 N–H and O–H groups in total. The van der Waals surface area contributed by atoms with E-state index < -0.39 is 39.6 Å². The number of hydrogen-bond donors (Lipinski definition) is 2. The number of rotatable bonds is 6. The average Bonchev–Trinajstić information content (AvgIpc) is 2.60. The zero-order chi connectivity index (χ0) is 22.0. The van der Waals surface area contributed by atoms with Crippen LogP contribution in [0.1, 0.15) is 22.8 Å². The number of halogens is 3. The van der Waals surface area contributed by atoms with Crippen LogP contribution in [0.2, 0.25) is 0 Å². The number of nitrogens with two attached hydrogens (primary N) is 1. The second kappa shape index (κ2) is 8.11. The van der Waals surface area contributed by atoms with Gasteiger partial charge >= 0.3 is 6.18 Å². The monoisotopic (exact) mass is 429 g/mol. The number of alkyl halides is 3. The van der Waals surface area contributed by atoms with Gasteiger partial charge in [-0.2, -0.15) is 13.2 Å². The molecule has 7 nitrogen and oxygen atoms in total. The first-order chi connectivity index (χ1) is 13.3. The fourth-order valence-electron chi connectivity index (χ4n) is 2.67. The Morgan fingerprint density at radius 2 is 1.72 bits per heavy atom. The molecule has 156 valence electrons. The smallest absolute Gasteiger partial charge is 0.366 e. The van der Waals surface area contributed by atoms with E-state index in [1.54, 1.807) is 0 Å². The summed E-state index contributed by atoms with van der Waals surface area (Å²) in [6.07, 6.45) is -3.92. The van der Waals surface area contributed by atoms with Gasteiger partial charge in [0.2, 0.25) is 15.9 Å². The number of para-hydroxylation sites is 1. The molecule has 2 amide bonds. The number of sulfonamides is 1. The van der Waals surface area contributed by atoms with Crippen LogP contribution in [0.25, 0.3) is 0 Å². The van der Waals surface area contributed by atoms with Gasteiger partial charge in [-0.25, -0.2) is 8.42 Å². The third kappa shape index (κ3) is 5.25. The molecule has 11 heteroatoms. The molecular formula is C18H18F3N3O4S. The molecule has 29 heavy (non-hydrogen) atoms. The Labute approximate surface area is 165 Å². The lowest BCUT2D eigenvalue weighted by Gasteiger charge is -2.29. The number of primary amides is 1. The number of amides is 2. The van der Waals surface area contributed by atoms with Crippen LogP contribution in [0, 0.1) is 0 Å². The Balaban J connectivity index is 2.42. The van der Waals surface area contributed by atoms with Gasteiger partial charge in [-0.05, 0) is 37.3 Å². The molecule has 0 aromatic heterocycles. The normalized spacial score (nSPS) is 12.9. The standard InChI is InChI=1S/C18H18F3N3O4S/c1-11(17(26)23-15-9-4-3-8-14(15)16(22)25)24(29(2,27)28)13-7-5-6-12(10-13)18(19,20)21/h3-11H,1-2H3,(H2,22,25)(H,23,26)/t11-/m0/s1. The molecule has 0 saturated carbocycles. The maximum Gasteiger partial charge on any atom is 0.416 e. The van der Waals surface area contributed by atoms with Crippen molar-refractivity contribution in [1.82, 2.24) is 0 Å². The Kier molecular flexibility index (Phi) is 6.21. The van der Waals surface area contributed by atoms with Gasteiger partial charge in [0.1, 0.15) is 6.04 Å². The number of anilines is 2. The molecule has 0 fully saturated rings. The van der Waals surface area contributed by atoms with Crippen LogP contribution in [-0.4, -0.2) is 32.5 Å². The van der Waals surface area contributed by atoms with Crippen molar-refractivity contribution in [1.29, 1.82) is 0 Å². The van der Waals surface area contributed by atoms with Crippen molar-refractivity contribution in [3.05, 3.63) is 59.7 Å². The topological polar surface area (TPSA) is 110 Å². The maximum atomic E-state index is 13.0. The Hall–Kier alpha value is -3.08. The van der Waals surface area contributed by atoms with Crippen molar-refractivity contribution < 1.29 is 31.2 Å². The van der Waals surface area contributed by atoms with Crippen molar-refractivity contribution in [3.8, 4) is 0 Å². The van der Waals surface area contributed by atoms with Crippen LogP contribution >= 0.6 is 0 Å². The van der Waals surface area contributed by atoms with E-state index in [1.165, 1.54) is 31.2 Å². The van der Waals surface area contributed by atoms with Crippen molar-refractivity contribution in [2.75, 3.05) is 15.9 Å². The van der Waals surface area contributed by atoms with Gasteiger partial charge in [0.15, 0.2) is 0 Å². The Morgan fingerprint density at radius 3 is 2.28 bits per heavy atom. The molecule has 0 bridgehead atoms. The summed E-state index contributed by atoms with van der Waals surface area (Å²) in [5.74, 6) is -1.67. The number of carbonyl (C=O) groups excluding carboxylic acids is 2. The minimum Gasteiger partial charge on any atom is -0.366 e. The number of nitrogens with one attached hydrogen (secondary N) is 1. The van der Waals surface area contributed by atoms with E-state index >= 15 is 0 Å². The summed E-state index contributed by atoms with van der Waals surface area (Å²) in [4.78, 5) is 24.1. The van der Waals surface area contributed by atoms with E-state index in [1.807, 2.05) is 0 Å². The molecule has 0 radical (unpaired) electrons. The summed E-state index contributed by atoms with van der Waals surface area (Å²) in [7, 11) is -4.13. The van der Waals surface area contributed by atoms with Gasteiger partial charge in [0.05, 0.1) is 28.8 Å².